The van der Waals surface area contributed by atoms with Gasteiger partial charge in [0, 0.05) is 56.3 Å². The average Bonchev–Trinajstić information content (AvgIpc) is 3.15. The zero-order valence-electron chi connectivity index (χ0n) is 21.4. The number of carbonyl (C=O) groups excluding carboxylic acids is 1. The molecular formula is C27H33N3O5S. The number of imidazole rings is 1. The van der Waals surface area contributed by atoms with Gasteiger partial charge in [-0.15, -0.1) is 0 Å². The lowest BCUT2D eigenvalue weighted by atomic mass is 9.67. The molecule has 0 saturated heterocycles. The predicted molar refractivity (Wildman–Crippen MR) is 138 cm³/mol. The van der Waals surface area contributed by atoms with Crippen LogP contribution in [0.3, 0.4) is 0 Å². The molecule has 9 heteroatoms. The van der Waals surface area contributed by atoms with Crippen molar-refractivity contribution in [2.45, 2.75) is 75.8 Å². The molecule has 0 fully saturated rings. The van der Waals surface area contributed by atoms with E-state index in [1.54, 1.807) is 29.1 Å². The van der Waals surface area contributed by atoms with Crippen molar-refractivity contribution in [1.29, 1.82) is 0 Å². The van der Waals surface area contributed by atoms with E-state index in [-0.39, 0.29) is 45.8 Å². The highest BCUT2D eigenvalue weighted by molar-refractivity contribution is 7.99. The third-order valence-corrected chi connectivity index (χ3v) is 8.25. The van der Waals surface area contributed by atoms with Gasteiger partial charge in [-0.1, -0.05) is 33.8 Å². The fourth-order valence-corrected chi connectivity index (χ4v) is 6.14. The van der Waals surface area contributed by atoms with E-state index in [9.17, 15) is 25.1 Å². The number of hydrogen-bond donors (Lipinski definition) is 2. The van der Waals surface area contributed by atoms with E-state index in [1.165, 1.54) is 17.8 Å². The summed E-state index contributed by atoms with van der Waals surface area (Å²) in [5.41, 5.74) is 0.834. The molecule has 1 heterocycles. The molecule has 0 bridgehead atoms. The van der Waals surface area contributed by atoms with Gasteiger partial charge in [0.25, 0.3) is 5.69 Å². The summed E-state index contributed by atoms with van der Waals surface area (Å²) < 4.78 is 1.78. The van der Waals surface area contributed by atoms with Gasteiger partial charge in [0.15, 0.2) is 10.9 Å². The summed E-state index contributed by atoms with van der Waals surface area (Å²) in [7, 11) is 1.82. The maximum Gasteiger partial charge on any atom is 0.283 e. The van der Waals surface area contributed by atoms with Gasteiger partial charge in [0.2, 0.25) is 0 Å². The number of carbonyl (C=O) groups is 1. The fraction of sp³-hybridized carbons (Fsp3) is 0.481. The second-order valence-electron chi connectivity index (χ2n) is 11.5. The van der Waals surface area contributed by atoms with Crippen LogP contribution < -0.4 is 0 Å². The maximum atomic E-state index is 13.4. The SMILES string of the molecule is Cn1ccnc1Sc1ccc(C(C2=C(O)CC(C)(C)CC2)C2=C(O)CC(C)(C)CC2=O)cc1[N+](=O)[O-]. The normalized spacial score (nSPS) is 20.5. The lowest BCUT2D eigenvalue weighted by Gasteiger charge is -2.37. The molecule has 2 aromatic rings. The molecule has 2 aliphatic carbocycles. The quantitative estimate of drug-likeness (QED) is 0.324. The monoisotopic (exact) mass is 511 g/mol. The predicted octanol–water partition coefficient (Wildman–Crippen LogP) is 6.79. The maximum absolute atomic E-state index is 13.4. The summed E-state index contributed by atoms with van der Waals surface area (Å²) in [6, 6.07) is 4.90. The van der Waals surface area contributed by atoms with Crippen molar-refractivity contribution in [3.63, 3.8) is 0 Å². The molecule has 1 atom stereocenters. The van der Waals surface area contributed by atoms with E-state index < -0.39 is 10.8 Å². The summed E-state index contributed by atoms with van der Waals surface area (Å²) in [4.78, 5) is 29.7. The number of aliphatic hydroxyl groups is 2. The zero-order chi connectivity index (χ0) is 26.4. The highest BCUT2D eigenvalue weighted by Crippen LogP contribution is 2.50. The molecule has 2 N–H and O–H groups in total. The van der Waals surface area contributed by atoms with Crippen LogP contribution in [0.2, 0.25) is 0 Å². The number of benzene rings is 1. The Morgan fingerprint density at radius 2 is 1.81 bits per heavy atom. The van der Waals surface area contributed by atoms with E-state index >= 15 is 0 Å². The van der Waals surface area contributed by atoms with Gasteiger partial charge in [-0.25, -0.2) is 4.98 Å². The molecule has 0 spiro atoms. The van der Waals surface area contributed by atoms with Crippen molar-refractivity contribution in [3.8, 4) is 0 Å². The summed E-state index contributed by atoms with van der Waals surface area (Å²) in [6.45, 7) is 8.02. The van der Waals surface area contributed by atoms with Gasteiger partial charge in [0.05, 0.1) is 15.6 Å². The third kappa shape index (κ3) is 5.21. The van der Waals surface area contributed by atoms with Crippen LogP contribution in [0.15, 0.2) is 63.3 Å². The van der Waals surface area contributed by atoms with Crippen LogP contribution in [-0.4, -0.2) is 30.5 Å². The van der Waals surface area contributed by atoms with E-state index in [1.807, 2.05) is 20.9 Å². The summed E-state index contributed by atoms with van der Waals surface area (Å²) >= 11 is 1.19. The molecule has 2 aliphatic rings. The molecule has 0 saturated carbocycles. The van der Waals surface area contributed by atoms with Gasteiger partial charge >= 0.3 is 0 Å². The molecular weight excluding hydrogens is 478 g/mol. The number of hydrogen-bond acceptors (Lipinski definition) is 7. The summed E-state index contributed by atoms with van der Waals surface area (Å²) in [6.07, 6.45) is 5.77. The van der Waals surface area contributed by atoms with Crippen LogP contribution in [0.4, 0.5) is 5.69 Å². The highest BCUT2D eigenvalue weighted by atomic mass is 32.2. The number of nitro groups is 1. The summed E-state index contributed by atoms with van der Waals surface area (Å²) in [5.74, 6) is -0.729. The van der Waals surface area contributed by atoms with Crippen LogP contribution >= 0.6 is 11.8 Å². The van der Waals surface area contributed by atoms with E-state index in [0.717, 1.165) is 6.42 Å². The number of Topliss-reactive ketones (excluding diaryl/α,β-unsaturated/α-hetero) is 1. The van der Waals surface area contributed by atoms with Crippen LogP contribution in [0.1, 0.15) is 71.3 Å². The molecule has 1 unspecified atom stereocenters. The first-order valence-electron chi connectivity index (χ1n) is 12.1. The minimum absolute atomic E-state index is 0.000462. The number of nitrogens with zero attached hydrogens (tertiary/aromatic N) is 3. The van der Waals surface area contributed by atoms with Crippen molar-refractivity contribution < 1.29 is 19.9 Å². The van der Waals surface area contributed by atoms with Crippen LogP contribution in [0, 0.1) is 20.9 Å². The minimum Gasteiger partial charge on any atom is -0.512 e. The van der Waals surface area contributed by atoms with Crippen LogP contribution in [0.25, 0.3) is 0 Å². The second kappa shape index (κ2) is 9.42. The van der Waals surface area contributed by atoms with Gasteiger partial charge in [-0.05, 0) is 52.6 Å². The Balaban J connectivity index is 1.87. The molecule has 8 nitrogen and oxygen atoms in total. The fourth-order valence-electron chi connectivity index (χ4n) is 5.25. The van der Waals surface area contributed by atoms with Crippen molar-refractivity contribution in [3.05, 3.63) is 68.9 Å². The first kappa shape index (κ1) is 26.0. The third-order valence-electron chi connectivity index (χ3n) is 7.11. The average molecular weight is 512 g/mol. The smallest absolute Gasteiger partial charge is 0.283 e. The number of nitro benzene ring substituents is 1. The minimum atomic E-state index is -0.740. The summed E-state index contributed by atoms with van der Waals surface area (Å²) in [5, 5.41) is 34.9. The number of aromatic nitrogens is 2. The Kier molecular flexibility index (Phi) is 6.81. The molecule has 1 aromatic carbocycles. The molecule has 36 heavy (non-hydrogen) atoms. The van der Waals surface area contributed by atoms with Crippen molar-refractivity contribution in [1.82, 2.24) is 9.55 Å². The first-order chi connectivity index (χ1) is 16.8. The van der Waals surface area contributed by atoms with Crippen molar-refractivity contribution in [2.75, 3.05) is 0 Å². The number of allylic oxidation sites excluding steroid dienone is 4. The molecule has 1 aromatic heterocycles. The molecule has 192 valence electrons. The number of rotatable bonds is 6. The number of aryl methyl sites for hydroxylation is 1. The molecule has 0 radical (unpaired) electrons. The number of ketones is 1. The first-order valence-corrected chi connectivity index (χ1v) is 12.9. The van der Waals surface area contributed by atoms with Gasteiger partial charge in [-0.3, -0.25) is 14.9 Å². The van der Waals surface area contributed by atoms with Crippen molar-refractivity contribution in [2.24, 2.45) is 17.9 Å². The van der Waals surface area contributed by atoms with Crippen LogP contribution in [0.5, 0.6) is 0 Å². The zero-order valence-corrected chi connectivity index (χ0v) is 22.2. The molecule has 0 aliphatic heterocycles. The Morgan fingerprint density at radius 3 is 2.39 bits per heavy atom. The van der Waals surface area contributed by atoms with Gasteiger partial charge in [0.1, 0.15) is 5.76 Å². The lowest BCUT2D eigenvalue weighted by Crippen LogP contribution is -2.30. The Hall–Kier alpha value is -3.07. The molecule has 4 rings (SSSR count). The van der Waals surface area contributed by atoms with Gasteiger partial charge < -0.3 is 14.8 Å². The van der Waals surface area contributed by atoms with Crippen LogP contribution in [-0.2, 0) is 11.8 Å². The lowest BCUT2D eigenvalue weighted by molar-refractivity contribution is -0.387. The Bertz CT molecular complexity index is 1290. The van der Waals surface area contributed by atoms with E-state index in [4.69, 9.17) is 0 Å². The highest BCUT2D eigenvalue weighted by Gasteiger charge is 2.41. The Morgan fingerprint density at radius 1 is 1.11 bits per heavy atom. The molecule has 0 amide bonds. The largest absolute Gasteiger partial charge is 0.512 e. The topological polar surface area (TPSA) is 118 Å². The van der Waals surface area contributed by atoms with Crippen molar-refractivity contribution >= 4 is 23.2 Å². The van der Waals surface area contributed by atoms with E-state index in [2.05, 4.69) is 18.8 Å². The van der Waals surface area contributed by atoms with Gasteiger partial charge in [-0.2, -0.15) is 0 Å². The Labute approximate surface area is 215 Å². The second-order valence-corrected chi connectivity index (χ2v) is 12.5. The standard InChI is InChI=1S/C27H33N3O5S/c1-26(2)9-8-17(19(31)13-26)23(24-20(32)14-27(3,4)15-21(24)33)16-6-7-22(18(12-16)30(34)35)36-25-28-10-11-29(25)5/h6-7,10-12,23,31-32H,8-9,13-15H2,1-5H3. The van der Waals surface area contributed by atoms with E-state index in [0.29, 0.717) is 40.5 Å². The number of aliphatic hydroxyl groups excluding tert-OH is 2.